The number of amides is 3. The smallest absolute Gasteiger partial charge is 0.359 e. The number of aryl methyl sites for hydroxylation is 1. The Morgan fingerprint density at radius 1 is 1.24 bits per heavy atom. The van der Waals surface area contributed by atoms with Crippen LogP contribution in [0.4, 0.5) is 0 Å². The van der Waals surface area contributed by atoms with E-state index >= 15 is 0 Å². The number of nitrogens with one attached hydrogen (secondary N) is 1. The summed E-state index contributed by atoms with van der Waals surface area (Å²) in [5.41, 5.74) is 9.00. The Labute approximate surface area is 167 Å². The molecule has 0 aliphatic carbocycles. The van der Waals surface area contributed by atoms with Crippen LogP contribution < -0.4 is 16.8 Å². The van der Waals surface area contributed by atoms with E-state index in [1.54, 1.807) is 0 Å². The molecule has 10 heteroatoms. The fraction of sp³-hybridized carbons (Fsp3) is 0.474. The third-order valence-corrected chi connectivity index (χ3v) is 4.93. The van der Waals surface area contributed by atoms with Gasteiger partial charge in [0.15, 0.2) is 0 Å². The molecule has 7 N–H and O–H groups in total. The third-order valence-electron chi connectivity index (χ3n) is 4.93. The Morgan fingerprint density at radius 3 is 2.48 bits per heavy atom. The van der Waals surface area contributed by atoms with Crippen molar-refractivity contribution in [3.05, 3.63) is 35.9 Å². The van der Waals surface area contributed by atoms with Crippen molar-refractivity contribution in [2.24, 2.45) is 11.5 Å². The fourth-order valence-corrected chi connectivity index (χ4v) is 3.38. The summed E-state index contributed by atoms with van der Waals surface area (Å²) in [5, 5.41) is 22.6. The van der Waals surface area contributed by atoms with Gasteiger partial charge >= 0.3 is 5.97 Å². The van der Waals surface area contributed by atoms with Crippen molar-refractivity contribution in [3.63, 3.8) is 0 Å². The zero-order chi connectivity index (χ0) is 21.6. The lowest BCUT2D eigenvalue weighted by atomic mass is 10.0. The van der Waals surface area contributed by atoms with Gasteiger partial charge in [-0.1, -0.05) is 30.3 Å². The average molecular weight is 406 g/mol. The van der Waals surface area contributed by atoms with Crippen LogP contribution in [0.5, 0.6) is 0 Å². The summed E-state index contributed by atoms with van der Waals surface area (Å²) in [6, 6.07) is 6.97. The Kier molecular flexibility index (Phi) is 7.29. The number of hydrogen-bond donors (Lipinski definition) is 5. The molecule has 1 aliphatic heterocycles. The molecule has 10 nitrogen and oxygen atoms in total. The second kappa shape index (κ2) is 9.48. The van der Waals surface area contributed by atoms with Gasteiger partial charge in [-0.15, -0.1) is 0 Å². The van der Waals surface area contributed by atoms with Crippen molar-refractivity contribution in [3.8, 4) is 0 Å². The summed E-state index contributed by atoms with van der Waals surface area (Å²) >= 11 is 0. The van der Waals surface area contributed by atoms with E-state index in [1.807, 2.05) is 30.3 Å². The molecule has 3 amide bonds. The summed E-state index contributed by atoms with van der Waals surface area (Å²) in [6.07, 6.45) is 0.768. The molecule has 2 rings (SSSR count). The highest BCUT2D eigenvalue weighted by atomic mass is 16.4. The van der Waals surface area contributed by atoms with E-state index in [-0.39, 0.29) is 19.4 Å². The van der Waals surface area contributed by atoms with Crippen molar-refractivity contribution < 1.29 is 29.4 Å². The zero-order valence-corrected chi connectivity index (χ0v) is 15.9. The number of carbonyl (C=O) groups excluding carboxylic acids is 3. The van der Waals surface area contributed by atoms with Crippen LogP contribution >= 0.6 is 0 Å². The molecule has 1 saturated heterocycles. The molecule has 1 aromatic carbocycles. The minimum atomic E-state index is -2.59. The van der Waals surface area contributed by atoms with Gasteiger partial charge in [0.2, 0.25) is 17.7 Å². The molecule has 3 atom stereocenters. The van der Waals surface area contributed by atoms with Crippen LogP contribution in [-0.4, -0.2) is 63.2 Å². The van der Waals surface area contributed by atoms with E-state index in [1.165, 1.54) is 0 Å². The molecule has 0 radical (unpaired) electrons. The number of aliphatic hydroxyl groups is 1. The van der Waals surface area contributed by atoms with Gasteiger partial charge in [0.1, 0.15) is 0 Å². The first-order valence-corrected chi connectivity index (χ1v) is 9.30. The van der Waals surface area contributed by atoms with Gasteiger partial charge in [-0.05, 0) is 24.8 Å². The topological polar surface area (TPSA) is 176 Å². The summed E-state index contributed by atoms with van der Waals surface area (Å²) in [6.45, 7) is -0.0387. The number of hydrogen-bond acceptors (Lipinski definition) is 6. The molecule has 1 heterocycles. The maximum absolute atomic E-state index is 12.6. The van der Waals surface area contributed by atoms with Crippen molar-refractivity contribution >= 4 is 23.7 Å². The SMILES string of the molecule is NC(=O)C[C@H](N)C(=O)NC1CCN(C(=O)CCCc2ccccc2)[C@]1(O)C(=O)O. The highest BCUT2D eigenvalue weighted by molar-refractivity contribution is 5.90. The first-order valence-electron chi connectivity index (χ1n) is 9.30. The van der Waals surface area contributed by atoms with Gasteiger partial charge in [0.25, 0.3) is 5.72 Å². The Hall–Kier alpha value is -2.98. The van der Waals surface area contributed by atoms with E-state index < -0.39 is 47.9 Å². The zero-order valence-electron chi connectivity index (χ0n) is 15.9. The molecule has 0 bridgehead atoms. The third kappa shape index (κ3) is 5.30. The van der Waals surface area contributed by atoms with Crippen molar-refractivity contribution in [2.45, 2.75) is 49.9 Å². The quantitative estimate of drug-likeness (QED) is 0.338. The highest BCUT2D eigenvalue weighted by Gasteiger charge is 2.56. The second-order valence-corrected chi connectivity index (χ2v) is 7.04. The van der Waals surface area contributed by atoms with Crippen LogP contribution in [0.1, 0.15) is 31.2 Å². The number of likely N-dealkylation sites (tertiary alicyclic amines) is 1. The number of nitrogens with zero attached hydrogens (tertiary/aromatic N) is 1. The van der Waals surface area contributed by atoms with E-state index in [0.717, 1.165) is 10.5 Å². The number of rotatable bonds is 9. The lowest BCUT2D eigenvalue weighted by molar-refractivity contribution is -0.186. The number of carboxylic acids is 1. The Balaban J connectivity index is 2.01. The molecule has 158 valence electrons. The Morgan fingerprint density at radius 2 is 1.90 bits per heavy atom. The molecule has 1 aliphatic rings. The van der Waals surface area contributed by atoms with Gasteiger partial charge in [-0.2, -0.15) is 0 Å². The lowest BCUT2D eigenvalue weighted by Gasteiger charge is -2.34. The standard InChI is InChI=1S/C19H26N4O6/c20-13(11-15(21)24)17(26)22-14-9-10-23(19(14,29)18(27)28)16(25)8-4-7-12-5-2-1-3-6-12/h1-3,5-6,13-14,29H,4,7-11,20H2,(H2,21,24)(H,22,26)(H,27,28)/t13-,14?,19+/m0/s1. The molecule has 0 saturated carbocycles. The van der Waals surface area contributed by atoms with Crippen LogP contribution in [0.15, 0.2) is 30.3 Å². The predicted molar refractivity (Wildman–Crippen MR) is 102 cm³/mol. The largest absolute Gasteiger partial charge is 0.478 e. The van der Waals surface area contributed by atoms with Crippen LogP contribution in [0.2, 0.25) is 0 Å². The number of aliphatic carboxylic acids is 1. The molecule has 1 aromatic rings. The number of nitrogens with two attached hydrogens (primary N) is 2. The molecule has 0 spiro atoms. The van der Waals surface area contributed by atoms with Gasteiger partial charge in [-0.25, -0.2) is 4.79 Å². The molecule has 1 fully saturated rings. The number of primary amides is 1. The van der Waals surface area contributed by atoms with E-state index in [0.29, 0.717) is 12.8 Å². The highest BCUT2D eigenvalue weighted by Crippen LogP contribution is 2.29. The van der Waals surface area contributed by atoms with Gasteiger partial charge in [0.05, 0.1) is 18.5 Å². The first-order chi connectivity index (χ1) is 13.7. The minimum absolute atomic E-state index is 0.0300. The normalized spacial score (nSPS) is 22.1. The van der Waals surface area contributed by atoms with Gasteiger partial charge < -0.3 is 31.9 Å². The van der Waals surface area contributed by atoms with Gasteiger partial charge in [0, 0.05) is 13.0 Å². The summed E-state index contributed by atoms with van der Waals surface area (Å²) in [5.74, 6) is -3.79. The monoisotopic (exact) mass is 406 g/mol. The summed E-state index contributed by atoms with van der Waals surface area (Å²) < 4.78 is 0. The summed E-state index contributed by atoms with van der Waals surface area (Å²) in [7, 11) is 0. The van der Waals surface area contributed by atoms with E-state index in [2.05, 4.69) is 5.32 Å². The maximum Gasteiger partial charge on any atom is 0.359 e. The molecule has 0 aromatic heterocycles. The number of carboxylic acid groups (broad SMARTS) is 1. The maximum atomic E-state index is 12.6. The van der Waals surface area contributed by atoms with Crippen LogP contribution in [0.25, 0.3) is 0 Å². The summed E-state index contributed by atoms with van der Waals surface area (Å²) in [4.78, 5) is 48.2. The van der Waals surface area contributed by atoms with Crippen LogP contribution in [0, 0.1) is 0 Å². The molecule has 1 unspecified atom stereocenters. The molecule has 29 heavy (non-hydrogen) atoms. The van der Waals surface area contributed by atoms with Crippen molar-refractivity contribution in [2.75, 3.05) is 6.54 Å². The average Bonchev–Trinajstić information content (AvgIpc) is 2.99. The van der Waals surface area contributed by atoms with Crippen LogP contribution in [-0.2, 0) is 25.6 Å². The lowest BCUT2D eigenvalue weighted by Crippen LogP contribution is -2.64. The van der Waals surface area contributed by atoms with Crippen molar-refractivity contribution in [1.29, 1.82) is 0 Å². The van der Waals surface area contributed by atoms with E-state index in [9.17, 15) is 29.4 Å². The molecular formula is C19H26N4O6. The minimum Gasteiger partial charge on any atom is -0.478 e. The molecular weight excluding hydrogens is 380 g/mol. The fourth-order valence-electron chi connectivity index (χ4n) is 3.38. The van der Waals surface area contributed by atoms with Gasteiger partial charge in [-0.3, -0.25) is 14.4 Å². The Bertz CT molecular complexity index is 771. The number of carbonyl (C=O) groups is 4. The first kappa shape index (κ1) is 22.3. The predicted octanol–water partition coefficient (Wildman–Crippen LogP) is -1.30. The number of benzene rings is 1. The second-order valence-electron chi connectivity index (χ2n) is 7.04. The van der Waals surface area contributed by atoms with E-state index in [4.69, 9.17) is 11.5 Å². The van der Waals surface area contributed by atoms with Crippen LogP contribution in [0.3, 0.4) is 0 Å². The van der Waals surface area contributed by atoms with Crippen molar-refractivity contribution in [1.82, 2.24) is 10.2 Å².